The molecule has 2 N–H and O–H groups in total. The fraction of sp³-hybridized carbons (Fsp3) is 0.350. The molecule has 158 valence electrons. The molecular weight excluding hydrogens is 407 g/mol. The zero-order chi connectivity index (χ0) is 21.6. The van der Waals surface area contributed by atoms with Gasteiger partial charge in [-0.05, 0) is 51.4 Å². The lowest BCUT2D eigenvalue weighted by atomic mass is 10.1. The lowest BCUT2D eigenvalue weighted by Crippen LogP contribution is -2.23. The summed E-state index contributed by atoms with van der Waals surface area (Å²) in [6.07, 6.45) is -4.63. The predicted octanol–water partition coefficient (Wildman–Crippen LogP) is 4.98. The number of amides is 1. The van der Waals surface area contributed by atoms with Crippen LogP contribution in [0.4, 0.5) is 24.5 Å². The highest BCUT2D eigenvalue weighted by molar-refractivity contribution is 6.31. The Morgan fingerprint density at radius 3 is 2.55 bits per heavy atom. The third-order valence-corrected chi connectivity index (χ3v) is 4.29. The molecule has 2 aromatic rings. The van der Waals surface area contributed by atoms with Crippen molar-refractivity contribution in [1.29, 1.82) is 0 Å². The molecule has 29 heavy (non-hydrogen) atoms. The van der Waals surface area contributed by atoms with Crippen molar-refractivity contribution in [2.75, 3.05) is 44.4 Å². The number of rotatable bonds is 8. The van der Waals surface area contributed by atoms with E-state index < -0.39 is 22.7 Å². The molecular formula is C20H23ClF3N3O2. The minimum absolute atomic E-state index is 0.0164. The summed E-state index contributed by atoms with van der Waals surface area (Å²) in [5, 5.41) is 5.25. The second-order valence-electron chi connectivity index (χ2n) is 6.49. The van der Waals surface area contributed by atoms with Crippen LogP contribution in [0.1, 0.15) is 22.8 Å². The summed E-state index contributed by atoms with van der Waals surface area (Å²) < 4.78 is 44.8. The van der Waals surface area contributed by atoms with Crippen LogP contribution in [0.25, 0.3) is 0 Å². The van der Waals surface area contributed by atoms with E-state index in [-0.39, 0.29) is 11.3 Å². The average Bonchev–Trinajstić information content (AvgIpc) is 2.62. The number of alkyl halides is 3. The first-order valence-electron chi connectivity index (χ1n) is 8.96. The molecule has 0 fully saturated rings. The highest BCUT2D eigenvalue weighted by Gasteiger charge is 2.33. The van der Waals surface area contributed by atoms with E-state index in [1.54, 1.807) is 25.1 Å². The summed E-state index contributed by atoms with van der Waals surface area (Å²) in [5.41, 5.74) is -0.284. The first-order valence-corrected chi connectivity index (χ1v) is 9.33. The molecule has 1 amide bonds. The van der Waals surface area contributed by atoms with Gasteiger partial charge in [-0.3, -0.25) is 4.79 Å². The second kappa shape index (κ2) is 9.84. The third-order valence-electron chi connectivity index (χ3n) is 3.96. The Hall–Kier alpha value is -2.45. The molecule has 0 unspecified atom stereocenters. The van der Waals surface area contributed by atoms with E-state index >= 15 is 0 Å². The molecule has 0 atom stereocenters. The van der Waals surface area contributed by atoms with Crippen molar-refractivity contribution in [2.24, 2.45) is 0 Å². The number of carbonyl (C=O) groups is 1. The molecule has 0 radical (unpaired) electrons. The highest BCUT2D eigenvalue weighted by atomic mass is 35.5. The Labute approximate surface area is 172 Å². The van der Waals surface area contributed by atoms with Crippen molar-refractivity contribution in [1.82, 2.24) is 4.90 Å². The Morgan fingerprint density at radius 2 is 1.93 bits per heavy atom. The fourth-order valence-electron chi connectivity index (χ4n) is 2.62. The van der Waals surface area contributed by atoms with Crippen LogP contribution in [-0.4, -0.2) is 44.6 Å². The van der Waals surface area contributed by atoms with Gasteiger partial charge in [0.2, 0.25) is 0 Å². The number of ether oxygens (including phenoxy) is 1. The van der Waals surface area contributed by atoms with Gasteiger partial charge in [0.05, 0.1) is 22.9 Å². The SMILES string of the molecule is CCOc1cccc(NCCN(C)C)c1C(=O)Nc1ccc(Cl)c(C(F)(F)F)c1. The number of hydrogen-bond acceptors (Lipinski definition) is 4. The summed E-state index contributed by atoms with van der Waals surface area (Å²) in [4.78, 5) is 14.9. The minimum Gasteiger partial charge on any atom is -0.493 e. The van der Waals surface area contributed by atoms with Crippen molar-refractivity contribution in [2.45, 2.75) is 13.1 Å². The van der Waals surface area contributed by atoms with Gasteiger partial charge in [0.1, 0.15) is 11.3 Å². The van der Waals surface area contributed by atoms with Gasteiger partial charge in [-0.25, -0.2) is 0 Å². The van der Waals surface area contributed by atoms with Crippen LogP contribution in [0.5, 0.6) is 5.75 Å². The number of anilines is 2. The maximum Gasteiger partial charge on any atom is 0.417 e. The van der Waals surface area contributed by atoms with Crippen molar-refractivity contribution in [3.8, 4) is 5.75 Å². The van der Waals surface area contributed by atoms with E-state index in [0.717, 1.165) is 18.7 Å². The molecule has 0 bridgehead atoms. The summed E-state index contributed by atoms with van der Waals surface area (Å²) >= 11 is 5.64. The molecule has 2 aromatic carbocycles. The van der Waals surface area contributed by atoms with E-state index in [1.165, 1.54) is 6.07 Å². The van der Waals surface area contributed by atoms with Crippen molar-refractivity contribution >= 4 is 28.9 Å². The smallest absolute Gasteiger partial charge is 0.417 e. The van der Waals surface area contributed by atoms with E-state index in [0.29, 0.717) is 24.6 Å². The molecule has 0 aliphatic rings. The van der Waals surface area contributed by atoms with E-state index in [9.17, 15) is 18.0 Å². The van der Waals surface area contributed by atoms with Crippen LogP contribution in [-0.2, 0) is 6.18 Å². The summed E-state index contributed by atoms with van der Waals surface area (Å²) in [5.74, 6) is -0.248. The van der Waals surface area contributed by atoms with Crippen LogP contribution in [0.3, 0.4) is 0 Å². The zero-order valence-electron chi connectivity index (χ0n) is 16.4. The maximum atomic E-state index is 13.1. The van der Waals surface area contributed by atoms with Gasteiger partial charge >= 0.3 is 6.18 Å². The number of carbonyl (C=O) groups excluding carboxylic acids is 1. The van der Waals surface area contributed by atoms with Crippen molar-refractivity contribution < 1.29 is 22.7 Å². The first kappa shape index (κ1) is 22.8. The topological polar surface area (TPSA) is 53.6 Å². The van der Waals surface area contributed by atoms with E-state index in [4.69, 9.17) is 16.3 Å². The van der Waals surface area contributed by atoms with E-state index in [2.05, 4.69) is 10.6 Å². The molecule has 0 heterocycles. The Balaban J connectivity index is 2.33. The Morgan fingerprint density at radius 1 is 1.21 bits per heavy atom. The van der Waals surface area contributed by atoms with Gasteiger partial charge < -0.3 is 20.3 Å². The summed E-state index contributed by atoms with van der Waals surface area (Å²) in [6, 6.07) is 8.32. The number of nitrogens with one attached hydrogen (secondary N) is 2. The highest BCUT2D eigenvalue weighted by Crippen LogP contribution is 2.36. The number of nitrogens with zero attached hydrogens (tertiary/aromatic N) is 1. The molecule has 5 nitrogen and oxygen atoms in total. The standard InChI is InChI=1S/C20H23ClF3N3O2/c1-4-29-17-7-5-6-16(25-10-11-27(2)3)18(17)19(28)26-13-8-9-15(21)14(12-13)20(22,23)24/h5-9,12,25H,4,10-11H2,1-3H3,(H,26,28). The van der Waals surface area contributed by atoms with Crippen LogP contribution < -0.4 is 15.4 Å². The van der Waals surface area contributed by atoms with Gasteiger partial charge in [-0.1, -0.05) is 17.7 Å². The lowest BCUT2D eigenvalue weighted by Gasteiger charge is -2.18. The minimum atomic E-state index is -4.63. The van der Waals surface area contributed by atoms with Crippen LogP contribution >= 0.6 is 11.6 Å². The van der Waals surface area contributed by atoms with Crippen LogP contribution in [0.2, 0.25) is 5.02 Å². The number of benzene rings is 2. The predicted molar refractivity (Wildman–Crippen MR) is 109 cm³/mol. The quantitative estimate of drug-likeness (QED) is 0.621. The third kappa shape index (κ3) is 6.27. The number of halogens is 4. The normalized spacial score (nSPS) is 11.4. The van der Waals surface area contributed by atoms with Gasteiger partial charge in [0.25, 0.3) is 5.91 Å². The van der Waals surface area contributed by atoms with Gasteiger partial charge in [0.15, 0.2) is 0 Å². The van der Waals surface area contributed by atoms with Crippen LogP contribution in [0, 0.1) is 0 Å². The number of hydrogen-bond donors (Lipinski definition) is 2. The molecule has 0 saturated carbocycles. The zero-order valence-corrected chi connectivity index (χ0v) is 17.1. The second-order valence-corrected chi connectivity index (χ2v) is 6.90. The average molecular weight is 430 g/mol. The molecule has 0 saturated heterocycles. The Bertz CT molecular complexity index is 857. The van der Waals surface area contributed by atoms with Crippen molar-refractivity contribution in [3.63, 3.8) is 0 Å². The lowest BCUT2D eigenvalue weighted by molar-refractivity contribution is -0.137. The molecule has 0 spiro atoms. The van der Waals surface area contributed by atoms with Gasteiger partial charge in [0, 0.05) is 18.8 Å². The first-order chi connectivity index (χ1) is 13.6. The van der Waals surface area contributed by atoms with Crippen molar-refractivity contribution in [3.05, 3.63) is 52.5 Å². The molecule has 0 aromatic heterocycles. The Kier molecular flexibility index (Phi) is 7.75. The van der Waals surface area contributed by atoms with Gasteiger partial charge in [-0.2, -0.15) is 13.2 Å². The molecule has 0 aliphatic heterocycles. The molecule has 9 heteroatoms. The number of likely N-dealkylation sites (N-methyl/N-ethyl adjacent to an activating group) is 1. The largest absolute Gasteiger partial charge is 0.493 e. The monoisotopic (exact) mass is 429 g/mol. The van der Waals surface area contributed by atoms with E-state index in [1.807, 2.05) is 19.0 Å². The maximum absolute atomic E-state index is 13.1. The molecule has 2 rings (SSSR count). The van der Waals surface area contributed by atoms with Crippen LogP contribution in [0.15, 0.2) is 36.4 Å². The molecule has 0 aliphatic carbocycles. The summed E-state index contributed by atoms with van der Waals surface area (Å²) in [7, 11) is 3.84. The fourth-order valence-corrected chi connectivity index (χ4v) is 2.84. The summed E-state index contributed by atoms with van der Waals surface area (Å²) in [6.45, 7) is 3.41. The van der Waals surface area contributed by atoms with Gasteiger partial charge in [-0.15, -0.1) is 0 Å².